The van der Waals surface area contributed by atoms with Gasteiger partial charge in [-0.2, -0.15) is 9.50 Å². The van der Waals surface area contributed by atoms with Crippen molar-refractivity contribution < 1.29 is 14.3 Å². The van der Waals surface area contributed by atoms with Crippen molar-refractivity contribution >= 4 is 28.3 Å². The van der Waals surface area contributed by atoms with Crippen LogP contribution in [0, 0.1) is 0 Å². The van der Waals surface area contributed by atoms with E-state index in [1.807, 2.05) is 37.3 Å². The smallest absolute Gasteiger partial charge is 0.308 e. The minimum absolute atomic E-state index is 0.235. The first-order valence-corrected chi connectivity index (χ1v) is 9.79. The Bertz CT molecular complexity index is 1290. The highest BCUT2D eigenvalue weighted by atomic mass is 32.1. The third kappa shape index (κ3) is 3.88. The van der Waals surface area contributed by atoms with E-state index < -0.39 is 5.97 Å². The quantitative estimate of drug-likeness (QED) is 0.374. The van der Waals surface area contributed by atoms with Crippen LogP contribution in [0.15, 0.2) is 53.3 Å². The van der Waals surface area contributed by atoms with Gasteiger partial charge in [-0.3, -0.25) is 9.59 Å². The fourth-order valence-corrected chi connectivity index (χ4v) is 3.72. The van der Waals surface area contributed by atoms with Gasteiger partial charge in [-0.25, -0.2) is 0 Å². The van der Waals surface area contributed by atoms with Gasteiger partial charge >= 0.3 is 5.97 Å². The molecular weight excluding hydrogens is 390 g/mol. The van der Waals surface area contributed by atoms with Gasteiger partial charge in [0.25, 0.3) is 5.56 Å². The zero-order chi connectivity index (χ0) is 20.4. The van der Waals surface area contributed by atoms with Crippen LogP contribution in [-0.4, -0.2) is 27.2 Å². The number of fused-ring (bicyclic) bond motifs is 1. The van der Waals surface area contributed by atoms with Gasteiger partial charge in [0, 0.05) is 12.5 Å². The van der Waals surface area contributed by atoms with Gasteiger partial charge in [-0.05, 0) is 30.7 Å². The molecule has 0 aliphatic carbocycles. The number of aromatic nitrogens is 3. The number of esters is 1. The van der Waals surface area contributed by atoms with Gasteiger partial charge in [-0.15, -0.1) is 5.10 Å². The second-order valence-electron chi connectivity index (χ2n) is 6.14. The maximum atomic E-state index is 12.7. The van der Waals surface area contributed by atoms with Gasteiger partial charge in [0.05, 0.1) is 11.1 Å². The Morgan fingerprint density at radius 2 is 1.97 bits per heavy atom. The fourth-order valence-electron chi connectivity index (χ4n) is 2.82. The van der Waals surface area contributed by atoms with Crippen molar-refractivity contribution in [3.63, 3.8) is 0 Å². The summed E-state index contributed by atoms with van der Waals surface area (Å²) in [5.41, 5.74) is 1.37. The third-order valence-corrected chi connectivity index (χ3v) is 4.99. The molecule has 0 atom stereocenters. The van der Waals surface area contributed by atoms with Crippen LogP contribution >= 0.6 is 11.3 Å². The highest BCUT2D eigenvalue weighted by Crippen LogP contribution is 2.29. The molecule has 0 fully saturated rings. The molecule has 0 radical (unpaired) electrons. The predicted octanol–water partition coefficient (Wildman–Crippen LogP) is 2.69. The average molecular weight is 407 g/mol. The first-order valence-electron chi connectivity index (χ1n) is 8.97. The van der Waals surface area contributed by atoms with Gasteiger partial charge < -0.3 is 9.47 Å². The first-order chi connectivity index (χ1) is 14.0. The molecule has 0 spiro atoms. The molecule has 29 heavy (non-hydrogen) atoms. The van der Waals surface area contributed by atoms with E-state index >= 15 is 0 Å². The van der Waals surface area contributed by atoms with E-state index in [-0.39, 0.29) is 5.56 Å². The molecule has 0 amide bonds. The van der Waals surface area contributed by atoms with Crippen molar-refractivity contribution in [2.24, 2.45) is 0 Å². The van der Waals surface area contributed by atoms with E-state index in [0.717, 1.165) is 11.1 Å². The van der Waals surface area contributed by atoms with E-state index in [2.05, 4.69) is 10.1 Å². The Kier molecular flexibility index (Phi) is 5.09. The van der Waals surface area contributed by atoms with Crippen molar-refractivity contribution in [3.05, 3.63) is 69.0 Å². The van der Waals surface area contributed by atoms with Crippen molar-refractivity contribution in [1.82, 2.24) is 14.6 Å². The van der Waals surface area contributed by atoms with Crippen LogP contribution < -0.4 is 19.6 Å². The third-order valence-electron chi connectivity index (χ3n) is 4.03. The minimum Gasteiger partial charge on any atom is -0.490 e. The molecule has 0 saturated carbocycles. The zero-order valence-corrected chi connectivity index (χ0v) is 16.6. The predicted molar refractivity (Wildman–Crippen MR) is 110 cm³/mol. The van der Waals surface area contributed by atoms with Gasteiger partial charge in [0.2, 0.25) is 4.96 Å². The van der Waals surface area contributed by atoms with E-state index in [9.17, 15) is 9.59 Å². The number of nitrogens with zero attached hydrogens (tertiary/aromatic N) is 3. The van der Waals surface area contributed by atoms with E-state index in [1.54, 1.807) is 24.3 Å². The summed E-state index contributed by atoms with van der Waals surface area (Å²) in [4.78, 5) is 29.0. The maximum absolute atomic E-state index is 12.7. The summed E-state index contributed by atoms with van der Waals surface area (Å²) in [7, 11) is 0. The molecule has 4 rings (SSSR count). The summed E-state index contributed by atoms with van der Waals surface area (Å²) >= 11 is 1.26. The lowest BCUT2D eigenvalue weighted by molar-refractivity contribution is -0.132. The molecule has 0 bridgehead atoms. The molecule has 0 N–H and O–H groups in total. The highest BCUT2D eigenvalue weighted by molar-refractivity contribution is 7.15. The minimum atomic E-state index is -0.427. The molecule has 2 aromatic carbocycles. The number of rotatable bonds is 5. The van der Waals surface area contributed by atoms with Gasteiger partial charge in [0.15, 0.2) is 17.3 Å². The first kappa shape index (κ1) is 18.8. The summed E-state index contributed by atoms with van der Waals surface area (Å²) in [5.74, 6) is 0.873. The van der Waals surface area contributed by atoms with Gasteiger partial charge in [-0.1, -0.05) is 47.7 Å². The summed E-state index contributed by atoms with van der Waals surface area (Å²) in [6, 6.07) is 14.6. The second kappa shape index (κ2) is 7.84. The Morgan fingerprint density at radius 1 is 1.17 bits per heavy atom. The van der Waals surface area contributed by atoms with Crippen LogP contribution in [0.4, 0.5) is 0 Å². The number of hydrogen-bond donors (Lipinski definition) is 0. The molecule has 2 aromatic heterocycles. The lowest BCUT2D eigenvalue weighted by Crippen LogP contribution is -2.23. The molecule has 0 saturated heterocycles. The normalized spacial score (nSPS) is 11.7. The lowest BCUT2D eigenvalue weighted by atomic mass is 10.2. The number of thiazole rings is 1. The summed E-state index contributed by atoms with van der Waals surface area (Å²) in [6.07, 6.45) is 1.74. The molecule has 0 aliphatic heterocycles. The molecule has 146 valence electrons. The summed E-state index contributed by atoms with van der Waals surface area (Å²) in [6.45, 7) is 3.59. The highest BCUT2D eigenvalue weighted by Gasteiger charge is 2.12. The van der Waals surface area contributed by atoms with Crippen molar-refractivity contribution in [1.29, 1.82) is 0 Å². The van der Waals surface area contributed by atoms with Crippen LogP contribution in [0.1, 0.15) is 19.4 Å². The molecule has 8 heteroatoms. The van der Waals surface area contributed by atoms with Gasteiger partial charge in [0.1, 0.15) is 0 Å². The Labute approximate surface area is 169 Å². The molecule has 2 heterocycles. The van der Waals surface area contributed by atoms with E-state index in [1.165, 1.54) is 22.8 Å². The van der Waals surface area contributed by atoms with Crippen molar-refractivity contribution in [3.8, 4) is 22.9 Å². The van der Waals surface area contributed by atoms with Crippen molar-refractivity contribution in [2.75, 3.05) is 6.61 Å². The van der Waals surface area contributed by atoms with Crippen LogP contribution in [0.5, 0.6) is 11.5 Å². The van der Waals surface area contributed by atoms with E-state index in [0.29, 0.717) is 33.4 Å². The van der Waals surface area contributed by atoms with Crippen LogP contribution in [0.25, 0.3) is 22.4 Å². The topological polar surface area (TPSA) is 82.8 Å². The standard InChI is InChI=1S/C21H17N3O4S/c1-3-27-17-11-14(9-10-16(17)28-13(2)25)12-18-20(26)24-21(29-18)22-19(23-24)15-7-5-4-6-8-15/h4-12H,3H2,1-2H3/b18-12-. The number of carbonyl (C=O) groups is 1. The molecular formula is C21H17N3O4S. The summed E-state index contributed by atoms with van der Waals surface area (Å²) in [5, 5.41) is 4.34. The van der Waals surface area contributed by atoms with E-state index in [4.69, 9.17) is 9.47 Å². The maximum Gasteiger partial charge on any atom is 0.308 e. The fraction of sp³-hybridized carbons (Fsp3) is 0.143. The second-order valence-corrected chi connectivity index (χ2v) is 7.15. The molecule has 7 nitrogen and oxygen atoms in total. The number of carbonyl (C=O) groups excluding carboxylic acids is 1. The monoisotopic (exact) mass is 407 g/mol. The molecule has 0 unspecified atom stereocenters. The van der Waals surface area contributed by atoms with Crippen LogP contribution in [0.3, 0.4) is 0 Å². The van der Waals surface area contributed by atoms with Crippen LogP contribution in [0.2, 0.25) is 0 Å². The number of hydrogen-bond acceptors (Lipinski definition) is 7. The largest absolute Gasteiger partial charge is 0.490 e. The Balaban J connectivity index is 1.73. The SMILES string of the molecule is CCOc1cc(/C=c2\sc3nc(-c4ccccc4)nn3c2=O)ccc1OC(C)=O. The van der Waals surface area contributed by atoms with Crippen LogP contribution in [-0.2, 0) is 4.79 Å². The molecule has 0 aliphatic rings. The molecule has 4 aromatic rings. The Hall–Kier alpha value is -3.52. The Morgan fingerprint density at radius 3 is 2.66 bits per heavy atom. The zero-order valence-electron chi connectivity index (χ0n) is 15.8. The number of benzene rings is 2. The lowest BCUT2D eigenvalue weighted by Gasteiger charge is -2.10. The van der Waals surface area contributed by atoms with Crippen molar-refractivity contribution in [2.45, 2.75) is 13.8 Å². The average Bonchev–Trinajstić information content (AvgIpc) is 3.24. The number of ether oxygens (including phenoxy) is 2. The summed E-state index contributed by atoms with van der Waals surface area (Å²) < 4.78 is 12.5.